The molecule has 1 rings (SSSR count). The number of carbonyl (C=O) groups is 1. The van der Waals surface area contributed by atoms with E-state index in [2.05, 4.69) is 0 Å². The molecule has 74 valence electrons. The van der Waals surface area contributed by atoms with E-state index in [0.717, 1.165) is 0 Å². The van der Waals surface area contributed by atoms with Crippen LogP contribution in [0.1, 0.15) is 15.9 Å². The summed E-state index contributed by atoms with van der Waals surface area (Å²) < 4.78 is 0. The number of rotatable bonds is 3. The fourth-order valence-corrected chi connectivity index (χ4v) is 1.14. The van der Waals surface area contributed by atoms with Crippen molar-refractivity contribution in [2.24, 2.45) is 5.73 Å². The van der Waals surface area contributed by atoms with Gasteiger partial charge in [0.1, 0.15) is 5.56 Å². The van der Waals surface area contributed by atoms with Crippen LogP contribution in [0.2, 0.25) is 0 Å². The summed E-state index contributed by atoms with van der Waals surface area (Å²) in [6.45, 7) is -0.0581. The third kappa shape index (κ3) is 1.69. The minimum atomic E-state index is -1.33. The monoisotopic (exact) mass is 196 g/mol. The fourth-order valence-electron chi connectivity index (χ4n) is 1.14. The highest BCUT2D eigenvalue weighted by molar-refractivity contribution is 5.93. The van der Waals surface area contributed by atoms with Crippen LogP contribution in [0.15, 0.2) is 18.2 Å². The molecule has 0 bridgehead atoms. The second-order valence-corrected chi connectivity index (χ2v) is 2.58. The van der Waals surface area contributed by atoms with Crippen molar-refractivity contribution in [1.29, 1.82) is 0 Å². The zero-order valence-electron chi connectivity index (χ0n) is 7.14. The van der Waals surface area contributed by atoms with Crippen molar-refractivity contribution in [3.63, 3.8) is 0 Å². The van der Waals surface area contributed by atoms with Gasteiger partial charge in [0, 0.05) is 12.1 Å². The molecule has 0 aliphatic heterocycles. The summed E-state index contributed by atoms with van der Waals surface area (Å²) in [6, 6.07) is 4.04. The van der Waals surface area contributed by atoms with Crippen molar-refractivity contribution in [2.45, 2.75) is 6.54 Å². The lowest BCUT2D eigenvalue weighted by molar-refractivity contribution is -0.385. The van der Waals surface area contributed by atoms with Crippen LogP contribution in [0.5, 0.6) is 0 Å². The van der Waals surface area contributed by atoms with Gasteiger partial charge >= 0.3 is 5.97 Å². The second-order valence-electron chi connectivity index (χ2n) is 2.58. The molecule has 0 saturated carbocycles. The highest BCUT2D eigenvalue weighted by Gasteiger charge is 2.22. The van der Waals surface area contributed by atoms with Crippen LogP contribution in [0, 0.1) is 10.1 Å². The van der Waals surface area contributed by atoms with E-state index in [1.807, 2.05) is 0 Å². The molecule has 0 aromatic heterocycles. The highest BCUT2D eigenvalue weighted by atomic mass is 16.6. The van der Waals surface area contributed by atoms with Crippen molar-refractivity contribution >= 4 is 11.7 Å². The average Bonchev–Trinajstić information content (AvgIpc) is 2.16. The number of hydrogen-bond acceptors (Lipinski definition) is 4. The van der Waals surface area contributed by atoms with Gasteiger partial charge in [-0.2, -0.15) is 0 Å². The third-order valence-electron chi connectivity index (χ3n) is 1.75. The Bertz CT molecular complexity index is 389. The van der Waals surface area contributed by atoms with E-state index in [4.69, 9.17) is 10.8 Å². The molecule has 0 heterocycles. The Labute approximate surface area is 79.1 Å². The lowest BCUT2D eigenvalue weighted by atomic mass is 10.1. The summed E-state index contributed by atoms with van der Waals surface area (Å²) in [5, 5.41) is 19.3. The molecule has 0 amide bonds. The smallest absolute Gasteiger partial charge is 0.342 e. The molecule has 1 aromatic rings. The van der Waals surface area contributed by atoms with E-state index in [1.165, 1.54) is 18.2 Å². The van der Waals surface area contributed by atoms with Gasteiger partial charge in [0.15, 0.2) is 0 Å². The van der Waals surface area contributed by atoms with Gasteiger partial charge in [-0.25, -0.2) is 4.79 Å². The molecule has 14 heavy (non-hydrogen) atoms. The molecule has 6 nitrogen and oxygen atoms in total. The van der Waals surface area contributed by atoms with Gasteiger partial charge in [0.05, 0.1) is 4.92 Å². The molecule has 0 aliphatic carbocycles. The maximum absolute atomic E-state index is 10.6. The maximum Gasteiger partial charge on any atom is 0.342 e. The van der Waals surface area contributed by atoms with Crippen LogP contribution >= 0.6 is 0 Å². The Morgan fingerprint density at radius 3 is 2.64 bits per heavy atom. The number of nitrogens with zero attached hydrogens (tertiary/aromatic N) is 1. The summed E-state index contributed by atoms with van der Waals surface area (Å²) in [7, 11) is 0. The number of benzene rings is 1. The first-order chi connectivity index (χ1) is 6.57. The van der Waals surface area contributed by atoms with Gasteiger partial charge in [-0.3, -0.25) is 10.1 Å². The van der Waals surface area contributed by atoms with E-state index in [9.17, 15) is 14.9 Å². The summed E-state index contributed by atoms with van der Waals surface area (Å²) in [5.74, 6) is -1.33. The maximum atomic E-state index is 10.6. The van der Waals surface area contributed by atoms with Gasteiger partial charge in [-0.1, -0.05) is 12.1 Å². The van der Waals surface area contributed by atoms with Crippen LogP contribution in [-0.4, -0.2) is 16.0 Å². The van der Waals surface area contributed by atoms with Crippen molar-refractivity contribution in [1.82, 2.24) is 0 Å². The Morgan fingerprint density at radius 2 is 2.21 bits per heavy atom. The molecular formula is C8H8N2O4. The second kappa shape index (κ2) is 3.84. The zero-order chi connectivity index (χ0) is 10.7. The molecule has 0 fully saturated rings. The van der Waals surface area contributed by atoms with E-state index in [1.54, 1.807) is 0 Å². The predicted octanol–water partition coefficient (Wildman–Crippen LogP) is 0.752. The number of carboxylic acid groups (broad SMARTS) is 1. The zero-order valence-corrected chi connectivity index (χ0v) is 7.14. The third-order valence-corrected chi connectivity index (χ3v) is 1.75. The van der Waals surface area contributed by atoms with Crippen molar-refractivity contribution in [3.05, 3.63) is 39.4 Å². The van der Waals surface area contributed by atoms with Crippen LogP contribution < -0.4 is 5.73 Å². The lowest BCUT2D eigenvalue weighted by Crippen LogP contribution is -2.08. The van der Waals surface area contributed by atoms with Gasteiger partial charge in [0.25, 0.3) is 5.69 Å². The number of para-hydroxylation sites is 1. The summed E-state index contributed by atoms with van der Waals surface area (Å²) in [5.41, 5.74) is 4.71. The number of carboxylic acids is 1. The predicted molar refractivity (Wildman–Crippen MR) is 47.9 cm³/mol. The van der Waals surface area contributed by atoms with Crippen molar-refractivity contribution in [2.75, 3.05) is 0 Å². The molecule has 0 saturated heterocycles. The largest absolute Gasteiger partial charge is 0.477 e. The first-order valence-corrected chi connectivity index (χ1v) is 3.77. The molecule has 0 spiro atoms. The highest BCUT2D eigenvalue weighted by Crippen LogP contribution is 2.23. The standard InChI is InChI=1S/C8H8N2O4/c9-4-5-2-1-3-6(8(11)12)7(5)10(13)14/h1-3H,4,9H2,(H,11,12). The quantitative estimate of drug-likeness (QED) is 0.548. The van der Waals surface area contributed by atoms with Crippen LogP contribution in [-0.2, 0) is 6.54 Å². The molecule has 0 atom stereocenters. The topological polar surface area (TPSA) is 106 Å². The van der Waals surface area contributed by atoms with Crippen LogP contribution in [0.3, 0.4) is 0 Å². The Kier molecular flexibility index (Phi) is 2.78. The molecule has 0 unspecified atom stereocenters. The summed E-state index contributed by atoms with van der Waals surface area (Å²) >= 11 is 0. The van der Waals surface area contributed by atoms with Gasteiger partial charge < -0.3 is 10.8 Å². The van der Waals surface area contributed by atoms with Crippen molar-refractivity contribution in [3.8, 4) is 0 Å². The summed E-state index contributed by atoms with van der Waals surface area (Å²) in [6.07, 6.45) is 0. The number of nitro groups is 1. The molecule has 3 N–H and O–H groups in total. The SMILES string of the molecule is NCc1cccc(C(=O)O)c1[N+](=O)[O-]. The molecule has 1 aromatic carbocycles. The average molecular weight is 196 g/mol. The van der Waals surface area contributed by atoms with E-state index < -0.39 is 16.6 Å². The Hall–Kier alpha value is -1.95. The Morgan fingerprint density at radius 1 is 1.57 bits per heavy atom. The Balaban J connectivity index is 3.43. The molecular weight excluding hydrogens is 188 g/mol. The first kappa shape index (κ1) is 10.1. The van der Waals surface area contributed by atoms with Gasteiger partial charge in [0.2, 0.25) is 0 Å². The number of nitrogens with two attached hydrogens (primary N) is 1. The van der Waals surface area contributed by atoms with Crippen LogP contribution in [0.4, 0.5) is 5.69 Å². The van der Waals surface area contributed by atoms with Gasteiger partial charge in [-0.05, 0) is 6.07 Å². The minimum absolute atomic E-state index is 0.0581. The number of nitro benzene ring substituents is 1. The van der Waals surface area contributed by atoms with E-state index in [-0.39, 0.29) is 17.7 Å². The fraction of sp³-hybridized carbons (Fsp3) is 0.125. The van der Waals surface area contributed by atoms with E-state index in [0.29, 0.717) is 0 Å². The molecule has 6 heteroatoms. The summed E-state index contributed by atoms with van der Waals surface area (Å²) in [4.78, 5) is 20.5. The first-order valence-electron chi connectivity index (χ1n) is 3.77. The number of hydrogen-bond donors (Lipinski definition) is 2. The minimum Gasteiger partial charge on any atom is -0.477 e. The normalized spacial score (nSPS) is 9.79. The molecule has 0 aliphatic rings. The van der Waals surface area contributed by atoms with Crippen molar-refractivity contribution < 1.29 is 14.8 Å². The van der Waals surface area contributed by atoms with E-state index >= 15 is 0 Å². The van der Waals surface area contributed by atoms with Crippen LogP contribution in [0.25, 0.3) is 0 Å². The number of aromatic carboxylic acids is 1. The molecule has 0 radical (unpaired) electrons. The lowest BCUT2D eigenvalue weighted by Gasteiger charge is -2.02. The van der Waals surface area contributed by atoms with Gasteiger partial charge in [-0.15, -0.1) is 0 Å².